The van der Waals surface area contributed by atoms with Gasteiger partial charge in [0.05, 0.1) is 0 Å². The highest BCUT2D eigenvalue weighted by molar-refractivity contribution is 5.25. The van der Waals surface area contributed by atoms with E-state index < -0.39 is 0 Å². The van der Waals surface area contributed by atoms with Gasteiger partial charge in [-0.15, -0.1) is 0 Å². The van der Waals surface area contributed by atoms with Gasteiger partial charge >= 0.3 is 0 Å². The van der Waals surface area contributed by atoms with Gasteiger partial charge in [0.1, 0.15) is 0 Å². The standard InChI is InChI=1S/C32H51N/c1-22(2)12-11-13-23(3)25-17-18-26-29-27(19-21-31(25,26)4)32(5)20-10-9-16-28(32)33-30(29)24-14-7-6-8-15-24/h6-8,14-15,22-23,25-30,33H,9-13,16-21H2,1-5H3/t23-,25-,26+,27+,28?,29+,30?,31-,32-/m1/s1. The van der Waals surface area contributed by atoms with E-state index >= 15 is 0 Å². The van der Waals surface area contributed by atoms with Crippen LogP contribution in [0.15, 0.2) is 30.3 Å². The van der Waals surface area contributed by atoms with Crippen molar-refractivity contribution in [3.63, 3.8) is 0 Å². The fourth-order valence-corrected chi connectivity index (χ4v) is 9.84. The highest BCUT2D eigenvalue weighted by atomic mass is 15.0. The van der Waals surface area contributed by atoms with Crippen LogP contribution in [0.1, 0.15) is 117 Å². The number of benzene rings is 1. The summed E-state index contributed by atoms with van der Waals surface area (Å²) in [6.07, 6.45) is 15.9. The van der Waals surface area contributed by atoms with Crippen LogP contribution >= 0.6 is 0 Å². The summed E-state index contributed by atoms with van der Waals surface area (Å²) >= 11 is 0. The number of hydrogen-bond acceptors (Lipinski definition) is 1. The molecule has 3 saturated carbocycles. The Labute approximate surface area is 204 Å². The van der Waals surface area contributed by atoms with Gasteiger partial charge in [0.2, 0.25) is 0 Å². The van der Waals surface area contributed by atoms with Crippen molar-refractivity contribution >= 4 is 0 Å². The molecule has 1 heteroatoms. The zero-order chi connectivity index (χ0) is 23.2. The summed E-state index contributed by atoms with van der Waals surface area (Å²) in [5.74, 6) is 5.29. The van der Waals surface area contributed by atoms with Gasteiger partial charge in [-0.25, -0.2) is 0 Å². The largest absolute Gasteiger partial charge is 0.306 e. The maximum Gasteiger partial charge on any atom is 0.0356 e. The first-order valence-corrected chi connectivity index (χ1v) is 14.7. The van der Waals surface area contributed by atoms with Gasteiger partial charge in [0.25, 0.3) is 0 Å². The Bertz CT molecular complexity index is 785. The molecule has 0 radical (unpaired) electrons. The zero-order valence-corrected chi connectivity index (χ0v) is 22.3. The molecule has 1 saturated heterocycles. The van der Waals surface area contributed by atoms with Crippen molar-refractivity contribution in [1.29, 1.82) is 0 Å². The lowest BCUT2D eigenvalue weighted by atomic mass is 9.46. The molecule has 4 fully saturated rings. The summed E-state index contributed by atoms with van der Waals surface area (Å²) in [6, 6.07) is 12.9. The average Bonchev–Trinajstić information content (AvgIpc) is 3.16. The molecule has 1 aromatic rings. The lowest BCUT2D eigenvalue weighted by Gasteiger charge is -2.63. The predicted octanol–water partition coefficient (Wildman–Crippen LogP) is 8.80. The van der Waals surface area contributed by atoms with E-state index in [1.54, 1.807) is 5.56 Å². The summed E-state index contributed by atoms with van der Waals surface area (Å²) in [6.45, 7) is 12.8. The molecular weight excluding hydrogens is 398 g/mol. The number of nitrogens with one attached hydrogen (secondary N) is 1. The summed E-state index contributed by atoms with van der Waals surface area (Å²) in [4.78, 5) is 0. The van der Waals surface area contributed by atoms with Crippen LogP contribution in [0, 0.1) is 46.3 Å². The second kappa shape index (κ2) is 9.33. The van der Waals surface area contributed by atoms with Gasteiger partial charge in [-0.3, -0.25) is 0 Å². The van der Waals surface area contributed by atoms with E-state index in [9.17, 15) is 0 Å². The molecule has 0 spiro atoms. The quantitative estimate of drug-likeness (QED) is 0.457. The number of rotatable bonds is 6. The van der Waals surface area contributed by atoms with Gasteiger partial charge < -0.3 is 5.32 Å². The van der Waals surface area contributed by atoms with Crippen molar-refractivity contribution in [2.75, 3.05) is 0 Å². The maximum atomic E-state index is 4.33. The van der Waals surface area contributed by atoms with Gasteiger partial charge in [-0.1, -0.05) is 97.1 Å². The molecule has 1 N–H and O–H groups in total. The SMILES string of the molecule is CC(C)CCC[C@@H](C)[C@H]1CC[C@H]2[C@@H]3C(c4ccccc4)NC4CCCC[C@]4(C)[C@H]3CC[C@]12C. The third kappa shape index (κ3) is 4.13. The minimum Gasteiger partial charge on any atom is -0.306 e. The molecule has 5 rings (SSSR count). The lowest BCUT2D eigenvalue weighted by Crippen LogP contribution is -2.63. The molecule has 1 aliphatic heterocycles. The molecular formula is C32H51N. The fourth-order valence-electron chi connectivity index (χ4n) is 9.84. The molecule has 1 heterocycles. The van der Waals surface area contributed by atoms with Gasteiger partial charge in [0, 0.05) is 12.1 Å². The molecule has 33 heavy (non-hydrogen) atoms. The predicted molar refractivity (Wildman–Crippen MR) is 141 cm³/mol. The smallest absolute Gasteiger partial charge is 0.0356 e. The van der Waals surface area contributed by atoms with Crippen molar-refractivity contribution in [2.24, 2.45) is 46.3 Å². The van der Waals surface area contributed by atoms with Crippen LogP contribution in [0.5, 0.6) is 0 Å². The van der Waals surface area contributed by atoms with E-state index in [0.29, 0.717) is 22.9 Å². The van der Waals surface area contributed by atoms with E-state index in [1.807, 2.05) is 0 Å². The van der Waals surface area contributed by atoms with Crippen molar-refractivity contribution in [2.45, 2.75) is 117 Å². The third-order valence-corrected chi connectivity index (χ3v) is 11.6. The molecule has 184 valence electrons. The minimum atomic E-state index is 0.510. The fraction of sp³-hybridized carbons (Fsp3) is 0.812. The van der Waals surface area contributed by atoms with Crippen LogP contribution in [0.3, 0.4) is 0 Å². The highest BCUT2D eigenvalue weighted by Crippen LogP contribution is 2.68. The maximum absolute atomic E-state index is 4.33. The Kier molecular flexibility index (Phi) is 6.76. The minimum absolute atomic E-state index is 0.510. The Morgan fingerprint density at radius 1 is 0.848 bits per heavy atom. The lowest BCUT2D eigenvalue weighted by molar-refractivity contribution is -0.117. The van der Waals surface area contributed by atoms with E-state index in [0.717, 1.165) is 35.5 Å². The van der Waals surface area contributed by atoms with Crippen molar-refractivity contribution < 1.29 is 0 Å². The molecule has 0 aromatic heterocycles. The first kappa shape index (κ1) is 23.9. The summed E-state index contributed by atoms with van der Waals surface area (Å²) in [7, 11) is 0. The van der Waals surface area contributed by atoms with Crippen molar-refractivity contribution in [3.05, 3.63) is 35.9 Å². The van der Waals surface area contributed by atoms with Crippen LogP contribution in [0.4, 0.5) is 0 Å². The summed E-state index contributed by atoms with van der Waals surface area (Å²) in [5, 5.41) is 4.33. The van der Waals surface area contributed by atoms with Gasteiger partial charge in [-0.2, -0.15) is 0 Å². The van der Waals surface area contributed by atoms with E-state index in [2.05, 4.69) is 70.3 Å². The molecule has 0 bridgehead atoms. The molecule has 1 aromatic carbocycles. The van der Waals surface area contributed by atoms with Crippen LogP contribution in [-0.2, 0) is 0 Å². The Morgan fingerprint density at radius 2 is 1.61 bits per heavy atom. The molecule has 0 amide bonds. The summed E-state index contributed by atoms with van der Waals surface area (Å²) < 4.78 is 0. The Hall–Kier alpha value is -0.820. The normalized spacial score (nSPS) is 43.6. The van der Waals surface area contributed by atoms with Gasteiger partial charge in [0.15, 0.2) is 0 Å². The third-order valence-electron chi connectivity index (χ3n) is 11.6. The molecule has 2 unspecified atom stereocenters. The van der Waals surface area contributed by atoms with Crippen LogP contribution in [0.25, 0.3) is 0 Å². The monoisotopic (exact) mass is 449 g/mol. The van der Waals surface area contributed by atoms with Gasteiger partial charge in [-0.05, 0) is 90.4 Å². The van der Waals surface area contributed by atoms with Crippen LogP contribution in [-0.4, -0.2) is 6.04 Å². The van der Waals surface area contributed by atoms with Crippen LogP contribution in [0.2, 0.25) is 0 Å². The number of piperidine rings is 1. The molecule has 1 nitrogen and oxygen atoms in total. The number of fused-ring (bicyclic) bond motifs is 5. The zero-order valence-electron chi connectivity index (χ0n) is 22.3. The van der Waals surface area contributed by atoms with Crippen molar-refractivity contribution in [3.8, 4) is 0 Å². The van der Waals surface area contributed by atoms with E-state index in [1.165, 1.54) is 70.6 Å². The van der Waals surface area contributed by atoms with Crippen LogP contribution < -0.4 is 5.32 Å². The molecule has 9 atom stereocenters. The summed E-state index contributed by atoms with van der Waals surface area (Å²) in [5.41, 5.74) is 2.62. The first-order chi connectivity index (χ1) is 15.8. The highest BCUT2D eigenvalue weighted by Gasteiger charge is 2.62. The molecule has 4 aliphatic rings. The number of hydrogen-bond donors (Lipinski definition) is 1. The second-order valence-corrected chi connectivity index (χ2v) is 13.7. The Morgan fingerprint density at radius 3 is 2.36 bits per heavy atom. The first-order valence-electron chi connectivity index (χ1n) is 14.7. The Balaban J connectivity index is 1.44. The average molecular weight is 450 g/mol. The van der Waals surface area contributed by atoms with E-state index in [-0.39, 0.29) is 0 Å². The van der Waals surface area contributed by atoms with Crippen molar-refractivity contribution in [1.82, 2.24) is 5.32 Å². The second-order valence-electron chi connectivity index (χ2n) is 13.7. The van der Waals surface area contributed by atoms with E-state index in [4.69, 9.17) is 0 Å². The molecule has 3 aliphatic carbocycles. The topological polar surface area (TPSA) is 12.0 Å².